The number of anilines is 3. The Morgan fingerprint density at radius 3 is 1.96 bits per heavy atom. The van der Waals surface area contributed by atoms with Gasteiger partial charge in [-0.2, -0.15) is 0 Å². The van der Waals surface area contributed by atoms with E-state index in [4.69, 9.17) is 0 Å². The summed E-state index contributed by atoms with van der Waals surface area (Å²) in [5.74, 6) is -0.106. The molecule has 4 nitrogen and oxygen atoms in total. The molecule has 3 aromatic carbocycles. The molecule has 0 fully saturated rings. The average Bonchev–Trinajstić information content (AvgIpc) is 2.69. The number of rotatable bonds is 6. The van der Waals surface area contributed by atoms with Crippen LogP contribution in [0.2, 0.25) is 0 Å². The number of nitrogens with one attached hydrogen (secondary N) is 1. The van der Waals surface area contributed by atoms with Crippen LogP contribution in [0.25, 0.3) is 0 Å². The Morgan fingerprint density at radius 1 is 0.778 bits per heavy atom. The van der Waals surface area contributed by atoms with Crippen LogP contribution in [0.3, 0.4) is 0 Å². The van der Waals surface area contributed by atoms with Gasteiger partial charge in [0.1, 0.15) is 0 Å². The zero-order valence-corrected chi connectivity index (χ0v) is 16.0. The van der Waals surface area contributed by atoms with Gasteiger partial charge in [-0.15, -0.1) is 0 Å². The van der Waals surface area contributed by atoms with Crippen LogP contribution in [0.4, 0.5) is 17.1 Å². The molecule has 4 heteroatoms. The highest BCUT2D eigenvalue weighted by Gasteiger charge is 2.07. The van der Waals surface area contributed by atoms with Crippen LogP contribution in [0.15, 0.2) is 78.9 Å². The number of carbonyl (C=O) groups excluding carboxylic acids is 1. The molecule has 0 aliphatic heterocycles. The summed E-state index contributed by atoms with van der Waals surface area (Å²) in [6.45, 7) is 0.838. The first-order chi connectivity index (χ1) is 13.0. The summed E-state index contributed by atoms with van der Waals surface area (Å²) in [7, 11) is 6.02. The molecule has 138 valence electrons. The van der Waals surface area contributed by atoms with Crippen LogP contribution in [0, 0.1) is 0 Å². The number of carbonyl (C=O) groups is 1. The highest BCUT2D eigenvalue weighted by atomic mass is 16.1. The van der Waals surface area contributed by atoms with Crippen LogP contribution in [0.1, 0.15) is 15.9 Å². The van der Waals surface area contributed by atoms with Gasteiger partial charge in [0.25, 0.3) is 5.91 Å². The molecule has 3 rings (SSSR count). The molecule has 0 unspecified atom stereocenters. The molecule has 0 heterocycles. The maximum absolute atomic E-state index is 12.4. The van der Waals surface area contributed by atoms with E-state index in [2.05, 4.69) is 29.4 Å². The highest BCUT2D eigenvalue weighted by Crippen LogP contribution is 2.20. The Kier molecular flexibility index (Phi) is 5.77. The first kappa shape index (κ1) is 18.5. The molecule has 1 N–H and O–H groups in total. The van der Waals surface area contributed by atoms with Crippen molar-refractivity contribution in [3.8, 4) is 0 Å². The summed E-state index contributed by atoms with van der Waals surface area (Å²) < 4.78 is 0. The van der Waals surface area contributed by atoms with E-state index in [1.807, 2.05) is 85.7 Å². The van der Waals surface area contributed by atoms with E-state index < -0.39 is 0 Å². The molecule has 0 aliphatic carbocycles. The lowest BCUT2D eigenvalue weighted by Crippen LogP contribution is -2.16. The number of hydrogen-bond donors (Lipinski definition) is 1. The molecule has 0 saturated heterocycles. The largest absolute Gasteiger partial charge is 0.378 e. The summed E-state index contributed by atoms with van der Waals surface area (Å²) in [6, 6.07) is 25.8. The van der Waals surface area contributed by atoms with Gasteiger partial charge in [0, 0.05) is 50.3 Å². The molecule has 0 bridgehead atoms. The van der Waals surface area contributed by atoms with Gasteiger partial charge in [-0.25, -0.2) is 0 Å². The van der Waals surface area contributed by atoms with Crippen molar-refractivity contribution in [3.63, 3.8) is 0 Å². The van der Waals surface area contributed by atoms with Crippen molar-refractivity contribution < 1.29 is 4.79 Å². The van der Waals surface area contributed by atoms with Gasteiger partial charge in [0.05, 0.1) is 0 Å². The van der Waals surface area contributed by atoms with Gasteiger partial charge in [0.2, 0.25) is 0 Å². The quantitative estimate of drug-likeness (QED) is 0.696. The fourth-order valence-electron chi connectivity index (χ4n) is 2.86. The van der Waals surface area contributed by atoms with E-state index in [-0.39, 0.29) is 5.91 Å². The van der Waals surface area contributed by atoms with Crippen LogP contribution in [0.5, 0.6) is 0 Å². The average molecular weight is 359 g/mol. The smallest absolute Gasteiger partial charge is 0.255 e. The monoisotopic (exact) mass is 359 g/mol. The fourth-order valence-corrected chi connectivity index (χ4v) is 2.86. The normalized spacial score (nSPS) is 10.3. The molecule has 0 atom stereocenters. The van der Waals surface area contributed by atoms with Crippen molar-refractivity contribution in [2.75, 3.05) is 36.3 Å². The molecule has 0 radical (unpaired) electrons. The lowest BCUT2D eigenvalue weighted by Gasteiger charge is -2.20. The van der Waals surface area contributed by atoms with E-state index in [0.29, 0.717) is 5.56 Å². The van der Waals surface area contributed by atoms with Crippen molar-refractivity contribution in [1.29, 1.82) is 0 Å². The van der Waals surface area contributed by atoms with Crippen molar-refractivity contribution in [3.05, 3.63) is 90.0 Å². The predicted octanol–water partition coefficient (Wildman–Crippen LogP) is 4.64. The molecule has 27 heavy (non-hydrogen) atoms. The SMILES string of the molecule is CN(C)c1ccc(C(=O)Nc2ccc(N(C)Cc3ccccc3)cc2)cc1. The van der Waals surface area contributed by atoms with Gasteiger partial charge in [-0.1, -0.05) is 30.3 Å². The molecule has 1 amide bonds. The van der Waals surface area contributed by atoms with E-state index in [0.717, 1.165) is 23.6 Å². The molecule has 0 aromatic heterocycles. The van der Waals surface area contributed by atoms with Gasteiger partial charge >= 0.3 is 0 Å². The van der Waals surface area contributed by atoms with Gasteiger partial charge in [-0.3, -0.25) is 4.79 Å². The lowest BCUT2D eigenvalue weighted by molar-refractivity contribution is 0.102. The van der Waals surface area contributed by atoms with E-state index in [1.54, 1.807) is 0 Å². The van der Waals surface area contributed by atoms with Crippen molar-refractivity contribution in [2.24, 2.45) is 0 Å². The second-order valence-corrected chi connectivity index (χ2v) is 6.78. The van der Waals surface area contributed by atoms with Crippen LogP contribution in [-0.4, -0.2) is 27.1 Å². The van der Waals surface area contributed by atoms with Gasteiger partial charge in [-0.05, 0) is 54.1 Å². The van der Waals surface area contributed by atoms with E-state index >= 15 is 0 Å². The molecule has 0 spiro atoms. The Bertz CT molecular complexity index is 872. The summed E-state index contributed by atoms with van der Waals surface area (Å²) in [4.78, 5) is 16.6. The molecule has 0 aliphatic rings. The minimum Gasteiger partial charge on any atom is -0.378 e. The lowest BCUT2D eigenvalue weighted by atomic mass is 10.1. The van der Waals surface area contributed by atoms with Gasteiger partial charge in [0.15, 0.2) is 0 Å². The van der Waals surface area contributed by atoms with Crippen molar-refractivity contribution >= 4 is 23.0 Å². The molecular weight excluding hydrogens is 334 g/mol. The Hall–Kier alpha value is -3.27. The maximum atomic E-state index is 12.4. The summed E-state index contributed by atoms with van der Waals surface area (Å²) in [5, 5.41) is 2.95. The Balaban J connectivity index is 1.62. The van der Waals surface area contributed by atoms with E-state index in [1.165, 1.54) is 5.56 Å². The summed E-state index contributed by atoms with van der Waals surface area (Å²) in [6.07, 6.45) is 0. The highest BCUT2D eigenvalue weighted by molar-refractivity contribution is 6.04. The topological polar surface area (TPSA) is 35.6 Å². The van der Waals surface area contributed by atoms with E-state index in [9.17, 15) is 4.79 Å². The summed E-state index contributed by atoms with van der Waals surface area (Å²) in [5.41, 5.74) is 4.86. The summed E-state index contributed by atoms with van der Waals surface area (Å²) >= 11 is 0. The molecular formula is C23H25N3O. The second-order valence-electron chi connectivity index (χ2n) is 6.78. The van der Waals surface area contributed by atoms with Crippen LogP contribution in [-0.2, 0) is 6.54 Å². The number of benzene rings is 3. The Morgan fingerprint density at radius 2 is 1.37 bits per heavy atom. The minimum absolute atomic E-state index is 0.106. The van der Waals surface area contributed by atoms with Crippen LogP contribution < -0.4 is 15.1 Å². The third-order valence-corrected chi connectivity index (χ3v) is 4.47. The first-order valence-electron chi connectivity index (χ1n) is 8.97. The third kappa shape index (κ3) is 4.88. The zero-order chi connectivity index (χ0) is 19.2. The van der Waals surface area contributed by atoms with Crippen LogP contribution >= 0.6 is 0 Å². The standard InChI is InChI=1S/C23H25N3O/c1-25(2)21-13-9-19(10-14-21)23(27)24-20-11-15-22(16-12-20)26(3)17-18-7-5-4-6-8-18/h4-16H,17H2,1-3H3,(H,24,27). The first-order valence-corrected chi connectivity index (χ1v) is 8.97. The van der Waals surface area contributed by atoms with Gasteiger partial charge < -0.3 is 15.1 Å². The fraction of sp³-hybridized carbons (Fsp3) is 0.174. The molecule has 0 saturated carbocycles. The number of nitrogens with zero attached hydrogens (tertiary/aromatic N) is 2. The predicted molar refractivity (Wildman–Crippen MR) is 114 cm³/mol. The zero-order valence-electron chi connectivity index (χ0n) is 16.0. The molecule has 3 aromatic rings. The second kappa shape index (κ2) is 8.41. The number of hydrogen-bond acceptors (Lipinski definition) is 3. The van der Waals surface area contributed by atoms with Crippen molar-refractivity contribution in [2.45, 2.75) is 6.54 Å². The third-order valence-electron chi connectivity index (χ3n) is 4.47. The van der Waals surface area contributed by atoms with Crippen molar-refractivity contribution in [1.82, 2.24) is 0 Å². The maximum Gasteiger partial charge on any atom is 0.255 e. The minimum atomic E-state index is -0.106. The Labute approximate surface area is 161 Å². The number of amides is 1.